The highest BCUT2D eigenvalue weighted by Gasteiger charge is 2.11. The molecule has 4 aromatic rings. The average Bonchev–Trinajstić information content (AvgIpc) is 3.07. The number of aromatic nitrogens is 1. The molecule has 0 fully saturated rings. The molecule has 3 heteroatoms. The Morgan fingerprint density at radius 3 is 2.59 bits per heavy atom. The number of nitrogens with one attached hydrogen (secondary N) is 1. The van der Waals surface area contributed by atoms with Crippen molar-refractivity contribution in [1.29, 1.82) is 0 Å². The Balaban J connectivity index is 1.63. The number of H-pyrrole nitrogens is 1. The zero-order valence-electron chi connectivity index (χ0n) is 15.6. The molecule has 1 N–H and O–H groups in total. The van der Waals surface area contributed by atoms with E-state index in [0.29, 0.717) is 12.4 Å². The Labute approximate surface area is 159 Å². The van der Waals surface area contributed by atoms with E-state index in [9.17, 15) is 4.39 Å². The molecule has 0 saturated heterocycles. The van der Waals surface area contributed by atoms with Crippen molar-refractivity contribution in [2.45, 2.75) is 32.6 Å². The summed E-state index contributed by atoms with van der Waals surface area (Å²) in [7, 11) is 0. The van der Waals surface area contributed by atoms with Crippen LogP contribution >= 0.6 is 0 Å². The Kier molecular flexibility index (Phi) is 5.10. The van der Waals surface area contributed by atoms with Gasteiger partial charge < -0.3 is 9.72 Å². The van der Waals surface area contributed by atoms with E-state index in [2.05, 4.69) is 30.1 Å². The van der Waals surface area contributed by atoms with Gasteiger partial charge in [0.05, 0.1) is 12.1 Å². The Bertz CT molecular complexity index is 1070. The second kappa shape index (κ2) is 7.83. The highest BCUT2D eigenvalue weighted by molar-refractivity contribution is 6.11. The summed E-state index contributed by atoms with van der Waals surface area (Å²) in [5.74, 6) is 0.0233. The van der Waals surface area contributed by atoms with Crippen molar-refractivity contribution in [3.63, 3.8) is 0 Å². The molecule has 0 radical (unpaired) electrons. The Hall–Kier alpha value is -2.81. The van der Waals surface area contributed by atoms with Crippen LogP contribution in [0.1, 0.15) is 32.6 Å². The minimum atomic E-state index is -0.309. The van der Waals surface area contributed by atoms with Crippen molar-refractivity contribution >= 4 is 21.8 Å². The lowest BCUT2D eigenvalue weighted by molar-refractivity contribution is 0.290. The first-order valence-corrected chi connectivity index (χ1v) is 9.70. The lowest BCUT2D eigenvalue weighted by atomic mass is 10.0. The van der Waals surface area contributed by atoms with Gasteiger partial charge >= 0.3 is 0 Å². The third-order valence-corrected chi connectivity index (χ3v) is 5.04. The Morgan fingerprint density at radius 1 is 0.889 bits per heavy atom. The minimum Gasteiger partial charge on any atom is -0.491 e. The molecule has 4 rings (SSSR count). The van der Waals surface area contributed by atoms with Crippen LogP contribution < -0.4 is 4.74 Å². The van der Waals surface area contributed by atoms with E-state index in [1.54, 1.807) is 12.1 Å². The SMILES string of the molecule is CCCCCCOc1ccc(-c2cccc3c2[nH]c2ccccc23)cc1F. The quantitative estimate of drug-likeness (QED) is 0.349. The van der Waals surface area contributed by atoms with Crippen molar-refractivity contribution in [1.82, 2.24) is 4.98 Å². The summed E-state index contributed by atoms with van der Waals surface area (Å²) in [6, 6.07) is 19.6. The predicted octanol–water partition coefficient (Wildman–Crippen LogP) is 7.09. The normalized spacial score (nSPS) is 11.3. The van der Waals surface area contributed by atoms with E-state index in [1.807, 2.05) is 30.3 Å². The van der Waals surface area contributed by atoms with Gasteiger partial charge in [0.2, 0.25) is 0 Å². The van der Waals surface area contributed by atoms with Crippen LogP contribution in [0.3, 0.4) is 0 Å². The third kappa shape index (κ3) is 3.55. The van der Waals surface area contributed by atoms with Crippen molar-refractivity contribution in [2.75, 3.05) is 6.61 Å². The smallest absolute Gasteiger partial charge is 0.165 e. The van der Waals surface area contributed by atoms with Crippen molar-refractivity contribution in [3.8, 4) is 16.9 Å². The van der Waals surface area contributed by atoms with E-state index in [1.165, 1.54) is 18.2 Å². The van der Waals surface area contributed by atoms with E-state index < -0.39 is 0 Å². The number of fused-ring (bicyclic) bond motifs is 3. The first-order chi connectivity index (χ1) is 13.3. The summed E-state index contributed by atoms with van der Waals surface area (Å²) >= 11 is 0. The number of unbranched alkanes of at least 4 members (excludes halogenated alkanes) is 3. The number of rotatable bonds is 7. The predicted molar refractivity (Wildman–Crippen MR) is 111 cm³/mol. The van der Waals surface area contributed by atoms with Gasteiger partial charge in [0.15, 0.2) is 11.6 Å². The van der Waals surface area contributed by atoms with Gasteiger partial charge in [-0.25, -0.2) is 4.39 Å². The van der Waals surface area contributed by atoms with Crippen molar-refractivity contribution in [2.24, 2.45) is 0 Å². The summed E-state index contributed by atoms with van der Waals surface area (Å²) in [6.45, 7) is 2.74. The zero-order chi connectivity index (χ0) is 18.6. The Morgan fingerprint density at radius 2 is 1.74 bits per heavy atom. The van der Waals surface area contributed by atoms with Gasteiger partial charge in [-0.1, -0.05) is 68.7 Å². The topological polar surface area (TPSA) is 25.0 Å². The van der Waals surface area contributed by atoms with Gasteiger partial charge in [-0.3, -0.25) is 0 Å². The standard InChI is InChI=1S/C24H24FNO/c1-2-3-4-7-15-27-23-14-13-17(16-21(23)25)18-10-8-11-20-19-9-5-6-12-22(19)26-24(18)20/h5-6,8-14,16,26H,2-4,7,15H2,1H3. The van der Waals surface area contributed by atoms with Crippen molar-refractivity contribution in [3.05, 3.63) is 66.5 Å². The number of hydrogen-bond acceptors (Lipinski definition) is 1. The van der Waals surface area contributed by atoms with Gasteiger partial charge in [0, 0.05) is 21.9 Å². The van der Waals surface area contributed by atoms with Crippen molar-refractivity contribution < 1.29 is 9.13 Å². The number of hydrogen-bond donors (Lipinski definition) is 1. The molecule has 1 heterocycles. The highest BCUT2D eigenvalue weighted by Crippen LogP contribution is 2.34. The number of para-hydroxylation sites is 2. The van der Waals surface area contributed by atoms with Crippen LogP contribution in [0.25, 0.3) is 32.9 Å². The minimum absolute atomic E-state index is 0.309. The number of benzene rings is 3. The first kappa shape index (κ1) is 17.6. The molecule has 0 aliphatic heterocycles. The van der Waals surface area contributed by atoms with Crippen LogP contribution in [0.5, 0.6) is 5.75 Å². The zero-order valence-corrected chi connectivity index (χ0v) is 15.6. The lowest BCUT2D eigenvalue weighted by Crippen LogP contribution is -1.99. The molecule has 0 bridgehead atoms. The summed E-state index contributed by atoms with van der Waals surface area (Å²) < 4.78 is 20.2. The molecule has 0 aliphatic carbocycles. The lowest BCUT2D eigenvalue weighted by Gasteiger charge is -2.09. The molecule has 0 unspecified atom stereocenters. The number of aromatic amines is 1. The fraction of sp³-hybridized carbons (Fsp3) is 0.250. The van der Waals surface area contributed by atoms with Gasteiger partial charge in [0.1, 0.15) is 0 Å². The van der Waals surface area contributed by atoms with Crippen LogP contribution in [-0.2, 0) is 0 Å². The number of ether oxygens (including phenoxy) is 1. The second-order valence-electron chi connectivity index (χ2n) is 6.95. The van der Waals surface area contributed by atoms with Crippen LogP contribution in [-0.4, -0.2) is 11.6 Å². The third-order valence-electron chi connectivity index (χ3n) is 5.04. The van der Waals surface area contributed by atoms with Crippen LogP contribution in [0.4, 0.5) is 4.39 Å². The van der Waals surface area contributed by atoms with E-state index in [4.69, 9.17) is 4.74 Å². The molecule has 0 spiro atoms. The first-order valence-electron chi connectivity index (χ1n) is 9.70. The van der Waals surface area contributed by atoms with Gasteiger partial charge in [-0.15, -0.1) is 0 Å². The highest BCUT2D eigenvalue weighted by atomic mass is 19.1. The molecule has 3 aromatic carbocycles. The van der Waals surface area contributed by atoms with Crippen LogP contribution in [0.15, 0.2) is 60.7 Å². The van der Waals surface area contributed by atoms with E-state index in [-0.39, 0.29) is 5.82 Å². The summed E-state index contributed by atoms with van der Waals surface area (Å²) in [5.41, 5.74) is 3.97. The van der Waals surface area contributed by atoms with Crippen LogP contribution in [0, 0.1) is 5.82 Å². The molecule has 0 atom stereocenters. The molecule has 0 aliphatic rings. The molecular formula is C24H24FNO. The van der Waals surface area contributed by atoms with Gasteiger partial charge in [-0.2, -0.15) is 0 Å². The largest absolute Gasteiger partial charge is 0.491 e. The van der Waals surface area contributed by atoms with E-state index in [0.717, 1.165) is 40.4 Å². The number of halogens is 1. The van der Waals surface area contributed by atoms with Crippen LogP contribution in [0.2, 0.25) is 0 Å². The molecule has 2 nitrogen and oxygen atoms in total. The molecule has 27 heavy (non-hydrogen) atoms. The summed E-state index contributed by atoms with van der Waals surface area (Å²) in [4.78, 5) is 3.48. The van der Waals surface area contributed by atoms with Gasteiger partial charge in [0.25, 0.3) is 0 Å². The average molecular weight is 361 g/mol. The summed E-state index contributed by atoms with van der Waals surface area (Å²) in [5, 5.41) is 2.33. The summed E-state index contributed by atoms with van der Waals surface area (Å²) in [6.07, 6.45) is 4.46. The maximum absolute atomic E-state index is 14.6. The molecule has 0 amide bonds. The molecule has 138 valence electrons. The van der Waals surface area contributed by atoms with E-state index >= 15 is 0 Å². The maximum Gasteiger partial charge on any atom is 0.165 e. The second-order valence-corrected chi connectivity index (χ2v) is 6.95. The molecule has 1 aromatic heterocycles. The maximum atomic E-state index is 14.6. The van der Waals surface area contributed by atoms with Gasteiger partial charge in [-0.05, 0) is 30.2 Å². The fourth-order valence-corrected chi connectivity index (χ4v) is 3.61. The monoisotopic (exact) mass is 361 g/mol. The molecule has 0 saturated carbocycles. The molecular weight excluding hydrogens is 337 g/mol. The fourth-order valence-electron chi connectivity index (χ4n) is 3.61.